The van der Waals surface area contributed by atoms with Crippen molar-refractivity contribution >= 4 is 43.7 Å². The van der Waals surface area contributed by atoms with Crippen LogP contribution in [0.3, 0.4) is 0 Å². The Morgan fingerprint density at radius 1 is 1.30 bits per heavy atom. The molecule has 3 aromatic rings. The van der Waals surface area contributed by atoms with Crippen LogP contribution < -0.4 is 5.56 Å². The summed E-state index contributed by atoms with van der Waals surface area (Å²) in [6.07, 6.45) is 1.65. The Labute approximate surface area is 127 Å². The van der Waals surface area contributed by atoms with Crippen molar-refractivity contribution in [3.8, 4) is 0 Å². The number of halogens is 1. The third-order valence-corrected chi connectivity index (χ3v) is 4.17. The Morgan fingerprint density at radius 3 is 2.80 bits per heavy atom. The van der Waals surface area contributed by atoms with E-state index >= 15 is 0 Å². The van der Waals surface area contributed by atoms with Gasteiger partial charge in [-0.25, -0.2) is 4.98 Å². The standard InChI is InChI=1S/C14H10BrN3OS/c1-9-17-13-12(6-7-20-13)14(19)18(9)16-8-10-2-4-11(15)5-3-10/h2-8H,1H3/b16-8-. The van der Waals surface area contributed by atoms with Crippen LogP contribution in [0.15, 0.2) is 50.1 Å². The number of thiophene rings is 1. The van der Waals surface area contributed by atoms with Gasteiger partial charge in [-0.3, -0.25) is 4.79 Å². The lowest BCUT2D eigenvalue weighted by molar-refractivity contribution is 0.772. The normalized spacial score (nSPS) is 11.5. The van der Waals surface area contributed by atoms with E-state index < -0.39 is 0 Å². The summed E-state index contributed by atoms with van der Waals surface area (Å²) in [5.41, 5.74) is 0.784. The van der Waals surface area contributed by atoms with E-state index in [1.807, 2.05) is 29.6 Å². The molecule has 0 bridgehead atoms. The average Bonchev–Trinajstić information content (AvgIpc) is 2.89. The van der Waals surface area contributed by atoms with Crippen molar-refractivity contribution in [2.75, 3.05) is 0 Å². The molecule has 0 saturated heterocycles. The topological polar surface area (TPSA) is 47.2 Å². The number of hydrogen-bond donors (Lipinski definition) is 0. The molecule has 3 rings (SSSR count). The van der Waals surface area contributed by atoms with Gasteiger partial charge in [-0.2, -0.15) is 9.78 Å². The molecule has 0 unspecified atom stereocenters. The minimum Gasteiger partial charge on any atom is -0.267 e. The number of benzene rings is 1. The van der Waals surface area contributed by atoms with Crippen molar-refractivity contribution in [2.45, 2.75) is 6.92 Å². The average molecular weight is 348 g/mol. The minimum absolute atomic E-state index is 0.137. The number of aromatic nitrogens is 2. The van der Waals surface area contributed by atoms with Gasteiger partial charge in [-0.15, -0.1) is 11.3 Å². The first kappa shape index (κ1) is 13.2. The van der Waals surface area contributed by atoms with Gasteiger partial charge in [-0.05, 0) is 36.1 Å². The molecule has 0 atom stereocenters. The maximum absolute atomic E-state index is 12.3. The molecule has 0 aliphatic carbocycles. The highest BCUT2D eigenvalue weighted by molar-refractivity contribution is 9.10. The maximum atomic E-state index is 12.3. The van der Waals surface area contributed by atoms with E-state index in [0.717, 1.165) is 14.9 Å². The highest BCUT2D eigenvalue weighted by atomic mass is 79.9. The van der Waals surface area contributed by atoms with E-state index in [1.54, 1.807) is 19.2 Å². The second-order valence-corrected chi connectivity index (χ2v) is 6.02. The van der Waals surface area contributed by atoms with Gasteiger partial charge >= 0.3 is 0 Å². The number of aryl methyl sites for hydroxylation is 1. The van der Waals surface area contributed by atoms with Gasteiger partial charge in [0.15, 0.2) is 0 Å². The highest BCUT2D eigenvalue weighted by Crippen LogP contribution is 2.15. The fourth-order valence-electron chi connectivity index (χ4n) is 1.82. The van der Waals surface area contributed by atoms with Crippen LogP contribution in [0.1, 0.15) is 11.4 Å². The minimum atomic E-state index is -0.137. The molecule has 4 nitrogen and oxygen atoms in total. The van der Waals surface area contributed by atoms with Crippen LogP contribution in [0.5, 0.6) is 0 Å². The predicted octanol–water partition coefficient (Wildman–Crippen LogP) is 3.41. The van der Waals surface area contributed by atoms with Gasteiger partial charge in [0.25, 0.3) is 5.56 Å². The molecule has 20 heavy (non-hydrogen) atoms. The summed E-state index contributed by atoms with van der Waals surface area (Å²) in [6, 6.07) is 9.48. The van der Waals surface area contributed by atoms with E-state index in [0.29, 0.717) is 11.2 Å². The fourth-order valence-corrected chi connectivity index (χ4v) is 2.88. The van der Waals surface area contributed by atoms with Crippen LogP contribution in [-0.4, -0.2) is 15.9 Å². The monoisotopic (exact) mass is 347 g/mol. The molecular weight excluding hydrogens is 338 g/mol. The lowest BCUT2D eigenvalue weighted by atomic mass is 10.2. The van der Waals surface area contributed by atoms with Crippen molar-refractivity contribution < 1.29 is 0 Å². The van der Waals surface area contributed by atoms with Gasteiger partial charge in [0.2, 0.25) is 0 Å². The van der Waals surface area contributed by atoms with Crippen LogP contribution in [0.4, 0.5) is 0 Å². The molecule has 0 aliphatic rings. The summed E-state index contributed by atoms with van der Waals surface area (Å²) in [6.45, 7) is 1.78. The molecule has 6 heteroatoms. The molecule has 1 aromatic carbocycles. The number of hydrogen-bond acceptors (Lipinski definition) is 4. The van der Waals surface area contributed by atoms with Gasteiger partial charge in [-0.1, -0.05) is 28.1 Å². The van der Waals surface area contributed by atoms with Crippen LogP contribution in [0, 0.1) is 6.92 Å². The second-order valence-electron chi connectivity index (χ2n) is 4.21. The first-order valence-electron chi connectivity index (χ1n) is 5.92. The summed E-state index contributed by atoms with van der Waals surface area (Å²) in [5, 5.41) is 6.71. The highest BCUT2D eigenvalue weighted by Gasteiger charge is 2.07. The molecule has 0 spiro atoms. The molecular formula is C14H10BrN3OS. The summed E-state index contributed by atoms with van der Waals surface area (Å²) in [5.74, 6) is 0.582. The number of nitrogens with zero attached hydrogens (tertiary/aromatic N) is 3. The lowest BCUT2D eigenvalue weighted by Crippen LogP contribution is -2.19. The third kappa shape index (κ3) is 2.44. The second kappa shape index (κ2) is 5.30. The first-order chi connectivity index (χ1) is 9.65. The van der Waals surface area contributed by atoms with E-state index in [4.69, 9.17) is 0 Å². The zero-order chi connectivity index (χ0) is 14.1. The molecule has 0 aliphatic heterocycles. The molecule has 0 amide bonds. The summed E-state index contributed by atoms with van der Waals surface area (Å²) in [7, 11) is 0. The van der Waals surface area contributed by atoms with E-state index in [9.17, 15) is 4.79 Å². The van der Waals surface area contributed by atoms with Crippen molar-refractivity contribution in [3.63, 3.8) is 0 Å². The molecule has 100 valence electrons. The lowest BCUT2D eigenvalue weighted by Gasteiger charge is -2.02. The van der Waals surface area contributed by atoms with Crippen molar-refractivity contribution in [3.05, 3.63) is 61.9 Å². The van der Waals surface area contributed by atoms with Crippen molar-refractivity contribution in [1.82, 2.24) is 9.66 Å². The van der Waals surface area contributed by atoms with Gasteiger partial charge in [0.1, 0.15) is 10.7 Å². The van der Waals surface area contributed by atoms with Crippen molar-refractivity contribution in [1.29, 1.82) is 0 Å². The first-order valence-corrected chi connectivity index (χ1v) is 7.59. The fraction of sp³-hybridized carbons (Fsp3) is 0.0714. The van der Waals surface area contributed by atoms with Crippen LogP contribution >= 0.6 is 27.3 Å². The number of rotatable bonds is 2. The maximum Gasteiger partial charge on any atom is 0.282 e. The Balaban J connectivity index is 2.06. The molecule has 0 fully saturated rings. The van der Waals surface area contributed by atoms with Crippen LogP contribution in [0.25, 0.3) is 10.2 Å². The molecule has 0 radical (unpaired) electrons. The Kier molecular flexibility index (Phi) is 3.50. The molecule has 0 N–H and O–H groups in total. The predicted molar refractivity (Wildman–Crippen MR) is 85.8 cm³/mol. The van der Waals surface area contributed by atoms with Gasteiger partial charge in [0.05, 0.1) is 11.6 Å². The molecule has 2 heterocycles. The number of fused-ring (bicyclic) bond motifs is 1. The third-order valence-electron chi connectivity index (χ3n) is 2.83. The van der Waals surface area contributed by atoms with E-state index in [-0.39, 0.29) is 5.56 Å². The van der Waals surface area contributed by atoms with E-state index in [1.165, 1.54) is 16.0 Å². The zero-order valence-corrected chi connectivity index (χ0v) is 13.0. The molecule has 0 saturated carbocycles. The summed E-state index contributed by atoms with van der Waals surface area (Å²) >= 11 is 4.84. The van der Waals surface area contributed by atoms with Gasteiger partial charge < -0.3 is 0 Å². The van der Waals surface area contributed by atoms with Crippen LogP contribution in [0.2, 0.25) is 0 Å². The zero-order valence-electron chi connectivity index (χ0n) is 10.6. The van der Waals surface area contributed by atoms with Gasteiger partial charge in [0, 0.05) is 4.47 Å². The SMILES string of the molecule is Cc1nc2sccc2c(=O)n1/N=C\c1ccc(Br)cc1. The Morgan fingerprint density at radius 2 is 2.05 bits per heavy atom. The van der Waals surface area contributed by atoms with Crippen LogP contribution in [-0.2, 0) is 0 Å². The smallest absolute Gasteiger partial charge is 0.267 e. The Hall–Kier alpha value is -1.79. The summed E-state index contributed by atoms with van der Waals surface area (Å²) < 4.78 is 2.33. The van der Waals surface area contributed by atoms with Crippen molar-refractivity contribution in [2.24, 2.45) is 5.10 Å². The largest absolute Gasteiger partial charge is 0.282 e. The van der Waals surface area contributed by atoms with E-state index in [2.05, 4.69) is 26.0 Å². The Bertz CT molecular complexity index is 849. The quantitative estimate of drug-likeness (QED) is 0.667. The summed E-state index contributed by atoms with van der Waals surface area (Å²) in [4.78, 5) is 17.4. The molecule has 2 aromatic heterocycles.